The van der Waals surface area contributed by atoms with Crippen LogP contribution in [0.15, 0.2) is 30.3 Å². The Hall–Kier alpha value is -3.00. The second-order valence-corrected chi connectivity index (χ2v) is 6.67. The van der Waals surface area contributed by atoms with E-state index < -0.39 is 0 Å². The molecule has 3 aromatic rings. The molecule has 1 aliphatic heterocycles. The maximum Gasteiger partial charge on any atom is 0.248 e. The van der Waals surface area contributed by atoms with Crippen molar-refractivity contribution < 1.29 is 9.53 Å². The van der Waals surface area contributed by atoms with Crippen LogP contribution in [0.3, 0.4) is 0 Å². The second kappa shape index (κ2) is 7.32. The third-order valence-corrected chi connectivity index (χ3v) is 4.77. The summed E-state index contributed by atoms with van der Waals surface area (Å²) in [7, 11) is 0. The fourth-order valence-corrected chi connectivity index (χ4v) is 3.35. The highest BCUT2D eigenvalue weighted by atomic mass is 16.5. The molecule has 0 bridgehead atoms. The molecule has 1 atom stereocenters. The van der Waals surface area contributed by atoms with E-state index in [4.69, 9.17) is 4.74 Å². The van der Waals surface area contributed by atoms with Crippen molar-refractivity contribution in [2.45, 2.75) is 39.2 Å². The van der Waals surface area contributed by atoms with Gasteiger partial charge < -0.3 is 4.74 Å². The van der Waals surface area contributed by atoms with Crippen molar-refractivity contribution >= 4 is 11.9 Å². The van der Waals surface area contributed by atoms with E-state index in [9.17, 15) is 4.79 Å². The molecule has 1 fully saturated rings. The summed E-state index contributed by atoms with van der Waals surface area (Å²) in [5.74, 6) is 0.759. The monoisotopic (exact) mass is 366 g/mol. The molecule has 1 aliphatic rings. The highest BCUT2D eigenvalue weighted by Crippen LogP contribution is 2.26. The van der Waals surface area contributed by atoms with E-state index in [0.29, 0.717) is 5.82 Å². The number of rotatable bonds is 5. The molecule has 2 N–H and O–H groups in total. The fourth-order valence-electron chi connectivity index (χ4n) is 3.35. The number of hydrogen-bond donors (Lipinski definition) is 2. The van der Waals surface area contributed by atoms with Gasteiger partial charge in [0, 0.05) is 17.9 Å². The number of amides is 1. The van der Waals surface area contributed by atoms with Crippen LogP contribution in [0.1, 0.15) is 41.7 Å². The zero-order valence-electron chi connectivity index (χ0n) is 15.4. The van der Waals surface area contributed by atoms with E-state index in [-0.39, 0.29) is 24.4 Å². The van der Waals surface area contributed by atoms with Crippen LogP contribution in [-0.2, 0) is 16.0 Å². The Kier molecular flexibility index (Phi) is 4.72. The van der Waals surface area contributed by atoms with Gasteiger partial charge in [-0.2, -0.15) is 10.1 Å². The predicted octanol–water partition coefficient (Wildman–Crippen LogP) is 2.64. The van der Waals surface area contributed by atoms with Gasteiger partial charge >= 0.3 is 0 Å². The van der Waals surface area contributed by atoms with Crippen LogP contribution < -0.4 is 5.32 Å². The van der Waals surface area contributed by atoms with Crippen molar-refractivity contribution in [1.29, 1.82) is 0 Å². The molecule has 1 aromatic carbocycles. The van der Waals surface area contributed by atoms with Crippen LogP contribution in [0.2, 0.25) is 0 Å². The van der Waals surface area contributed by atoms with Gasteiger partial charge in [-0.3, -0.25) is 15.2 Å². The zero-order chi connectivity index (χ0) is 18.8. The Balaban J connectivity index is 1.46. The quantitative estimate of drug-likeness (QED) is 0.723. The Labute approximate surface area is 157 Å². The first-order valence-electron chi connectivity index (χ1n) is 9.06. The molecule has 2 aromatic heterocycles. The van der Waals surface area contributed by atoms with Gasteiger partial charge in [-0.15, -0.1) is 5.10 Å². The van der Waals surface area contributed by atoms with Crippen molar-refractivity contribution in [1.82, 2.24) is 25.0 Å². The Morgan fingerprint density at radius 3 is 2.89 bits per heavy atom. The van der Waals surface area contributed by atoms with E-state index >= 15 is 0 Å². The Morgan fingerprint density at radius 1 is 1.33 bits per heavy atom. The van der Waals surface area contributed by atoms with Crippen molar-refractivity contribution in [2.24, 2.45) is 0 Å². The molecule has 3 heterocycles. The smallest absolute Gasteiger partial charge is 0.248 e. The van der Waals surface area contributed by atoms with Crippen molar-refractivity contribution in [2.75, 3.05) is 11.9 Å². The summed E-state index contributed by atoms with van der Waals surface area (Å²) in [6.07, 6.45) is 2.09. The summed E-state index contributed by atoms with van der Waals surface area (Å²) in [4.78, 5) is 16.8. The number of nitrogens with zero attached hydrogens (tertiary/aromatic N) is 4. The van der Waals surface area contributed by atoms with Gasteiger partial charge in [-0.1, -0.05) is 18.2 Å². The lowest BCUT2D eigenvalue weighted by molar-refractivity contribution is -0.115. The molecule has 1 amide bonds. The largest absolute Gasteiger partial charge is 0.370 e. The minimum absolute atomic E-state index is 0.0586. The van der Waals surface area contributed by atoms with E-state index in [1.165, 1.54) is 0 Å². The number of aromatic nitrogens is 5. The SMILES string of the molecule is Cc1nn(-c2ccccc2)c(C)c1CC(=O)Nc1n[nH]c([C@@H]2CCCO2)n1. The molecule has 0 radical (unpaired) electrons. The summed E-state index contributed by atoms with van der Waals surface area (Å²) >= 11 is 0. The number of anilines is 1. The molecule has 4 rings (SSSR count). The summed E-state index contributed by atoms with van der Waals surface area (Å²) in [6.45, 7) is 4.62. The first kappa shape index (κ1) is 17.4. The fraction of sp³-hybridized carbons (Fsp3) is 0.368. The molecule has 8 nitrogen and oxygen atoms in total. The number of aryl methyl sites for hydroxylation is 1. The van der Waals surface area contributed by atoms with Crippen molar-refractivity contribution in [3.63, 3.8) is 0 Å². The number of H-pyrrole nitrogens is 1. The number of nitrogens with one attached hydrogen (secondary N) is 2. The first-order chi connectivity index (χ1) is 13.1. The summed E-state index contributed by atoms with van der Waals surface area (Å²) in [6, 6.07) is 9.87. The summed E-state index contributed by atoms with van der Waals surface area (Å²) in [5.41, 5.74) is 3.66. The van der Waals surface area contributed by atoms with Gasteiger partial charge in [-0.25, -0.2) is 4.68 Å². The predicted molar refractivity (Wildman–Crippen MR) is 99.7 cm³/mol. The lowest BCUT2D eigenvalue weighted by Crippen LogP contribution is -2.16. The van der Waals surface area contributed by atoms with Crippen molar-refractivity contribution in [3.05, 3.63) is 53.1 Å². The number of ether oxygens (including phenoxy) is 1. The topological polar surface area (TPSA) is 97.7 Å². The van der Waals surface area contributed by atoms with E-state index in [0.717, 1.165) is 42.1 Å². The highest BCUT2D eigenvalue weighted by Gasteiger charge is 2.22. The molecule has 0 aliphatic carbocycles. The van der Waals surface area contributed by atoms with Crippen LogP contribution in [0.25, 0.3) is 5.69 Å². The summed E-state index contributed by atoms with van der Waals surface area (Å²) < 4.78 is 7.43. The van der Waals surface area contributed by atoms with Gasteiger partial charge in [0.05, 0.1) is 17.8 Å². The molecular formula is C19H22N6O2. The van der Waals surface area contributed by atoms with E-state index in [1.54, 1.807) is 0 Å². The normalized spacial score (nSPS) is 16.6. The average molecular weight is 366 g/mol. The number of benzene rings is 1. The van der Waals surface area contributed by atoms with E-state index in [2.05, 4.69) is 25.6 Å². The van der Waals surface area contributed by atoms with Gasteiger partial charge in [0.1, 0.15) is 6.10 Å². The number of para-hydroxylation sites is 1. The summed E-state index contributed by atoms with van der Waals surface area (Å²) in [5, 5.41) is 14.3. The van der Waals surface area contributed by atoms with Crippen LogP contribution in [0, 0.1) is 13.8 Å². The number of aromatic amines is 1. The second-order valence-electron chi connectivity index (χ2n) is 6.67. The van der Waals surface area contributed by atoms with Crippen LogP contribution >= 0.6 is 0 Å². The lowest BCUT2D eigenvalue weighted by Gasteiger charge is -2.05. The van der Waals surface area contributed by atoms with Gasteiger partial charge in [0.15, 0.2) is 5.82 Å². The van der Waals surface area contributed by atoms with Crippen molar-refractivity contribution in [3.8, 4) is 5.69 Å². The average Bonchev–Trinajstić information content (AvgIpc) is 3.40. The maximum atomic E-state index is 12.5. The van der Waals surface area contributed by atoms with Gasteiger partial charge in [-0.05, 0) is 38.8 Å². The third-order valence-electron chi connectivity index (χ3n) is 4.77. The minimum Gasteiger partial charge on any atom is -0.370 e. The maximum absolute atomic E-state index is 12.5. The molecule has 8 heteroatoms. The number of carbonyl (C=O) groups is 1. The first-order valence-corrected chi connectivity index (χ1v) is 9.06. The molecule has 0 unspecified atom stereocenters. The van der Waals surface area contributed by atoms with Gasteiger partial charge in [0.2, 0.25) is 11.9 Å². The Morgan fingerprint density at radius 2 is 2.15 bits per heavy atom. The van der Waals surface area contributed by atoms with Crippen LogP contribution in [0.4, 0.5) is 5.95 Å². The van der Waals surface area contributed by atoms with Crippen LogP contribution in [-0.4, -0.2) is 37.5 Å². The zero-order valence-corrected chi connectivity index (χ0v) is 15.4. The molecular weight excluding hydrogens is 344 g/mol. The molecule has 1 saturated heterocycles. The minimum atomic E-state index is -0.174. The standard InChI is InChI=1S/C19H22N6O2/c1-12-15(13(2)25(24-12)14-7-4-3-5-8-14)11-17(26)20-19-21-18(22-23-19)16-9-6-10-27-16/h3-5,7-8,16H,6,9-11H2,1-2H3,(H2,20,21,22,23,26)/t16-/m0/s1. The highest BCUT2D eigenvalue weighted by molar-refractivity contribution is 5.90. The molecule has 27 heavy (non-hydrogen) atoms. The van der Waals surface area contributed by atoms with E-state index in [1.807, 2.05) is 48.9 Å². The van der Waals surface area contributed by atoms with Crippen LogP contribution in [0.5, 0.6) is 0 Å². The molecule has 140 valence electrons. The lowest BCUT2D eigenvalue weighted by atomic mass is 10.1. The molecule has 0 spiro atoms. The number of hydrogen-bond acceptors (Lipinski definition) is 5. The van der Waals surface area contributed by atoms with Gasteiger partial charge in [0.25, 0.3) is 0 Å². The third kappa shape index (κ3) is 3.61. The Bertz CT molecular complexity index is 941. The molecule has 0 saturated carbocycles. The number of carbonyl (C=O) groups excluding carboxylic acids is 1.